The number of benzene rings is 1. The number of carbonyl (C=O) groups excluding carboxylic acids is 1. The largest absolute Gasteiger partial charge is 0.346 e. The van der Waals surface area contributed by atoms with Crippen molar-refractivity contribution in [1.82, 2.24) is 25.1 Å². The summed E-state index contributed by atoms with van der Waals surface area (Å²) in [4.78, 5) is 22.6. The fourth-order valence-electron chi connectivity index (χ4n) is 6.80. The molecule has 1 amide bonds. The molecule has 4 atom stereocenters. The first-order valence-corrected chi connectivity index (χ1v) is 16.0. The van der Waals surface area contributed by atoms with Crippen LogP contribution in [-0.4, -0.2) is 31.9 Å². The van der Waals surface area contributed by atoms with Gasteiger partial charge in [-0.15, -0.1) is 3.89 Å². The van der Waals surface area contributed by atoms with Gasteiger partial charge >= 0.3 is 0 Å². The number of hydrogen-bond donors (Lipinski definition) is 3. The van der Waals surface area contributed by atoms with Crippen LogP contribution < -0.4 is 10.0 Å². The Hall–Kier alpha value is -4.47. The molecule has 0 saturated heterocycles. The molecule has 3 heterocycles. The van der Waals surface area contributed by atoms with E-state index in [0.717, 1.165) is 24.0 Å². The van der Waals surface area contributed by atoms with Crippen LogP contribution in [-0.2, 0) is 23.7 Å². The topological polar surface area (TPSA) is 109 Å². The van der Waals surface area contributed by atoms with E-state index in [0.29, 0.717) is 21.9 Å². The van der Waals surface area contributed by atoms with Gasteiger partial charge in [-0.05, 0) is 48.1 Å². The van der Waals surface area contributed by atoms with Crippen molar-refractivity contribution in [1.29, 1.82) is 5.41 Å². The molecular formula is C33H30F7N7OS. The molecule has 8 nitrogen and oxygen atoms in total. The second-order valence-corrected chi connectivity index (χ2v) is 12.9. The highest BCUT2D eigenvalue weighted by atomic mass is 32.2. The first-order valence-electron chi connectivity index (χ1n) is 15.3. The third-order valence-corrected chi connectivity index (χ3v) is 9.34. The van der Waals surface area contributed by atoms with Crippen molar-refractivity contribution in [3.63, 3.8) is 0 Å². The molecule has 0 aliphatic heterocycles. The highest BCUT2D eigenvalue weighted by Crippen LogP contribution is 2.71. The van der Waals surface area contributed by atoms with Crippen LogP contribution in [0.1, 0.15) is 84.7 Å². The number of amides is 1. The fourth-order valence-corrected chi connectivity index (χ4v) is 7.05. The van der Waals surface area contributed by atoms with E-state index in [1.165, 1.54) is 12.3 Å². The lowest BCUT2D eigenvalue weighted by molar-refractivity contribution is -0.123. The molecule has 0 radical (unpaired) electrons. The van der Waals surface area contributed by atoms with E-state index in [1.807, 2.05) is 13.8 Å². The van der Waals surface area contributed by atoms with Gasteiger partial charge in [-0.1, -0.05) is 26.8 Å². The summed E-state index contributed by atoms with van der Waals surface area (Å²) in [6, 6.07) is 6.45. The number of carbonyl (C=O) groups is 1. The van der Waals surface area contributed by atoms with E-state index in [2.05, 4.69) is 25.1 Å². The first-order chi connectivity index (χ1) is 23.2. The second-order valence-electron chi connectivity index (χ2n) is 12.5. The summed E-state index contributed by atoms with van der Waals surface area (Å²) in [6.45, 7) is 4.56. The Morgan fingerprint density at radius 2 is 1.84 bits per heavy atom. The minimum Gasteiger partial charge on any atom is -0.346 e. The zero-order chi connectivity index (χ0) is 35.4. The van der Waals surface area contributed by atoms with Gasteiger partial charge in [0.1, 0.15) is 35.3 Å². The van der Waals surface area contributed by atoms with Crippen LogP contribution in [0.3, 0.4) is 0 Å². The van der Waals surface area contributed by atoms with Crippen molar-refractivity contribution >= 4 is 30.1 Å². The van der Waals surface area contributed by atoms with Gasteiger partial charge in [0.25, 0.3) is 12.3 Å². The van der Waals surface area contributed by atoms with Crippen molar-refractivity contribution in [3.8, 4) is 11.1 Å². The van der Waals surface area contributed by atoms with Crippen LogP contribution in [0.25, 0.3) is 11.1 Å². The molecule has 4 unspecified atom stereocenters. The Morgan fingerprint density at radius 3 is 2.43 bits per heavy atom. The van der Waals surface area contributed by atoms with E-state index < -0.39 is 71.6 Å². The predicted molar refractivity (Wildman–Crippen MR) is 169 cm³/mol. The smallest absolute Gasteiger partial charge is 0.293 e. The molecular weight excluding hydrogens is 675 g/mol. The molecule has 2 aliphatic carbocycles. The third kappa shape index (κ3) is 6.37. The molecule has 258 valence electrons. The van der Waals surface area contributed by atoms with Crippen molar-refractivity contribution in [3.05, 3.63) is 93.8 Å². The highest BCUT2D eigenvalue weighted by molar-refractivity contribution is 7.95. The maximum absolute atomic E-state index is 15.4. The van der Waals surface area contributed by atoms with E-state index in [-0.39, 0.29) is 52.9 Å². The van der Waals surface area contributed by atoms with E-state index in [9.17, 15) is 26.2 Å². The lowest BCUT2D eigenvalue weighted by Crippen LogP contribution is -2.35. The van der Waals surface area contributed by atoms with Gasteiger partial charge in [0, 0.05) is 52.7 Å². The Morgan fingerprint density at radius 1 is 1.12 bits per heavy atom. The number of aromatic nitrogens is 4. The summed E-state index contributed by atoms with van der Waals surface area (Å²) in [5, 5.41) is 14.3. The SMILES string of the molecule is CC(C)c1ccc(-c2cc(NSF)c(C=N)nc2C(Cc2cc(F)cc(F)c2)NC(=O)Cn2nc(C(F)F)c3c2C(F)(F)C2C(C)C32)cn1. The summed E-state index contributed by atoms with van der Waals surface area (Å²) in [5.41, 5.74) is -0.0443. The molecule has 4 aromatic rings. The Labute approximate surface area is 280 Å². The molecule has 0 spiro atoms. The minimum absolute atomic E-state index is 0.0558. The van der Waals surface area contributed by atoms with Crippen molar-refractivity contribution < 1.29 is 35.0 Å². The van der Waals surface area contributed by atoms with Crippen molar-refractivity contribution in [2.24, 2.45) is 11.8 Å². The van der Waals surface area contributed by atoms with Crippen LogP contribution in [0, 0.1) is 28.9 Å². The minimum atomic E-state index is -3.49. The number of alkyl halides is 4. The summed E-state index contributed by atoms with van der Waals surface area (Å²) in [6.07, 6.45) is -1.06. The van der Waals surface area contributed by atoms with E-state index in [4.69, 9.17) is 5.41 Å². The van der Waals surface area contributed by atoms with E-state index in [1.54, 1.807) is 19.1 Å². The maximum Gasteiger partial charge on any atom is 0.293 e. The van der Waals surface area contributed by atoms with Crippen molar-refractivity contribution in [2.75, 3.05) is 4.72 Å². The van der Waals surface area contributed by atoms with Crippen LogP contribution in [0.2, 0.25) is 0 Å². The third-order valence-electron chi connectivity index (χ3n) is 9.05. The standard InChI is InChI=1S/C33H30F7N7OS/c1-14(2)21-5-4-17(12-42-21)20-10-22(46-49-40)24(11-41)44-29(20)23(8-16-6-18(34)9-19(35)7-16)43-25(48)13-47-31-27(30(45-47)32(36)37)26-15(3)28(26)33(31,38)39/h4-7,9-12,14-15,23,26,28,32,41,46H,8,13H2,1-3H3,(H,43,48). The Bertz CT molecular complexity index is 1900. The monoisotopic (exact) mass is 705 g/mol. The van der Waals surface area contributed by atoms with Gasteiger partial charge in [-0.3, -0.25) is 14.5 Å². The maximum atomic E-state index is 15.4. The van der Waals surface area contributed by atoms with Gasteiger partial charge in [-0.2, -0.15) is 13.9 Å². The van der Waals surface area contributed by atoms with Crippen LogP contribution in [0.15, 0.2) is 42.6 Å². The molecule has 2 aliphatic rings. The molecule has 3 N–H and O–H groups in total. The molecule has 16 heteroatoms. The zero-order valence-corrected chi connectivity index (χ0v) is 27.1. The summed E-state index contributed by atoms with van der Waals surface area (Å²) in [7, 11) is 0. The van der Waals surface area contributed by atoms with Crippen LogP contribution >= 0.6 is 12.3 Å². The zero-order valence-electron chi connectivity index (χ0n) is 26.2. The molecule has 1 aromatic carbocycles. The predicted octanol–water partition coefficient (Wildman–Crippen LogP) is 8.18. The Kier molecular flexibility index (Phi) is 9.19. The molecule has 49 heavy (non-hydrogen) atoms. The van der Waals surface area contributed by atoms with Gasteiger partial charge in [0.2, 0.25) is 5.91 Å². The normalized spacial score (nSPS) is 19.5. The number of fused-ring (bicyclic) bond motifs is 3. The second kappa shape index (κ2) is 13.1. The lowest BCUT2D eigenvalue weighted by Gasteiger charge is -2.24. The van der Waals surface area contributed by atoms with Gasteiger partial charge in [-0.25, -0.2) is 22.5 Å². The van der Waals surface area contributed by atoms with Gasteiger partial charge in [0.15, 0.2) is 12.3 Å². The molecule has 1 saturated carbocycles. The van der Waals surface area contributed by atoms with Gasteiger partial charge < -0.3 is 15.4 Å². The quantitative estimate of drug-likeness (QED) is 0.0780. The number of anilines is 1. The average Bonchev–Trinajstić information content (AvgIpc) is 3.45. The number of pyridine rings is 2. The highest BCUT2D eigenvalue weighted by Gasteiger charge is 2.71. The number of hydrogen-bond acceptors (Lipinski definition) is 7. The molecule has 6 rings (SSSR count). The number of halogens is 7. The van der Waals surface area contributed by atoms with Crippen LogP contribution in [0.4, 0.5) is 35.9 Å². The summed E-state index contributed by atoms with van der Waals surface area (Å²) >= 11 is -0.243. The molecule has 1 fully saturated rings. The number of rotatable bonds is 12. The summed E-state index contributed by atoms with van der Waals surface area (Å²) < 4.78 is 104. The molecule has 3 aromatic heterocycles. The lowest BCUT2D eigenvalue weighted by atomic mass is 9.94. The van der Waals surface area contributed by atoms with Gasteiger partial charge in [0.05, 0.1) is 17.4 Å². The average molecular weight is 706 g/mol. The number of nitrogens with zero attached hydrogens (tertiary/aromatic N) is 4. The van der Waals surface area contributed by atoms with E-state index >= 15 is 8.78 Å². The van der Waals surface area contributed by atoms with Crippen LogP contribution in [0.5, 0.6) is 0 Å². The van der Waals surface area contributed by atoms with Crippen molar-refractivity contribution in [2.45, 2.75) is 64.0 Å². The number of nitrogens with one attached hydrogen (secondary N) is 3. The summed E-state index contributed by atoms with van der Waals surface area (Å²) in [5.74, 6) is -8.62. The first kappa shape index (κ1) is 34.4. The molecule has 0 bridgehead atoms. The Balaban J connectivity index is 1.43. The fraction of sp³-hybridized carbons (Fsp3) is 0.364.